The molecule has 7 heteroatoms. The lowest BCUT2D eigenvalue weighted by Gasteiger charge is -2.30. The molecule has 0 aliphatic carbocycles. The number of hydrogen-bond donors (Lipinski definition) is 1. The number of ether oxygens (including phenoxy) is 1. The smallest absolute Gasteiger partial charge is 0.273 e. The van der Waals surface area contributed by atoms with Crippen molar-refractivity contribution in [1.29, 1.82) is 0 Å². The molecule has 120 valence electrons. The minimum Gasteiger partial charge on any atom is -0.494 e. The molecule has 1 aromatic rings. The normalized spacial score (nSPS) is 18.7. The fourth-order valence-corrected chi connectivity index (χ4v) is 2.72. The van der Waals surface area contributed by atoms with Crippen molar-refractivity contribution in [2.75, 3.05) is 32.1 Å². The highest BCUT2D eigenvalue weighted by molar-refractivity contribution is 5.93. The topological polar surface area (TPSA) is 84.7 Å². The van der Waals surface area contributed by atoms with Crippen LogP contribution in [0.5, 0.6) is 5.75 Å². The highest BCUT2D eigenvalue weighted by atomic mass is 16.6. The number of likely N-dealkylation sites (tertiary alicyclic amines) is 1. The summed E-state index contributed by atoms with van der Waals surface area (Å²) in [5.74, 6) is 0.756. The van der Waals surface area contributed by atoms with E-state index >= 15 is 0 Å². The molecule has 1 aliphatic heterocycles. The Morgan fingerprint density at radius 3 is 2.95 bits per heavy atom. The molecule has 1 heterocycles. The number of benzene rings is 1. The second-order valence-corrected chi connectivity index (χ2v) is 5.67. The number of nitrogens with zero attached hydrogens (tertiary/aromatic N) is 2. The van der Waals surface area contributed by atoms with Crippen molar-refractivity contribution in [3.63, 3.8) is 0 Å². The lowest BCUT2D eigenvalue weighted by molar-refractivity contribution is -0.384. The first-order valence-electron chi connectivity index (χ1n) is 7.34. The highest BCUT2D eigenvalue weighted by Gasteiger charge is 2.19. The van der Waals surface area contributed by atoms with Crippen molar-refractivity contribution in [2.45, 2.75) is 19.8 Å². The Morgan fingerprint density at radius 1 is 1.55 bits per heavy atom. The van der Waals surface area contributed by atoms with Gasteiger partial charge in [-0.25, -0.2) is 0 Å². The summed E-state index contributed by atoms with van der Waals surface area (Å²) in [5.41, 5.74) is 0.378. The summed E-state index contributed by atoms with van der Waals surface area (Å²) in [4.78, 5) is 24.5. The van der Waals surface area contributed by atoms with Crippen molar-refractivity contribution in [3.8, 4) is 5.75 Å². The highest BCUT2D eigenvalue weighted by Crippen LogP contribution is 2.29. The third kappa shape index (κ3) is 4.17. The molecule has 0 unspecified atom stereocenters. The Labute approximate surface area is 129 Å². The van der Waals surface area contributed by atoms with Gasteiger partial charge in [0.15, 0.2) is 0 Å². The van der Waals surface area contributed by atoms with Crippen LogP contribution in [0.15, 0.2) is 18.2 Å². The Hall–Kier alpha value is -2.15. The van der Waals surface area contributed by atoms with Crippen molar-refractivity contribution in [3.05, 3.63) is 28.3 Å². The van der Waals surface area contributed by atoms with E-state index in [-0.39, 0.29) is 17.3 Å². The number of piperidine rings is 1. The molecule has 0 radical (unpaired) electrons. The molecule has 7 nitrogen and oxygen atoms in total. The molecule has 1 N–H and O–H groups in total. The van der Waals surface area contributed by atoms with Crippen LogP contribution in [0.25, 0.3) is 0 Å². The maximum absolute atomic E-state index is 12.1. The number of hydrogen-bond acceptors (Lipinski definition) is 5. The van der Waals surface area contributed by atoms with Crippen LogP contribution < -0.4 is 10.1 Å². The predicted molar refractivity (Wildman–Crippen MR) is 83.1 cm³/mol. The molecule has 0 saturated carbocycles. The van der Waals surface area contributed by atoms with E-state index in [0.717, 1.165) is 19.5 Å². The van der Waals surface area contributed by atoms with Gasteiger partial charge in [-0.1, -0.05) is 6.92 Å². The maximum atomic E-state index is 12.1. The number of methoxy groups -OCH3 is 1. The van der Waals surface area contributed by atoms with Gasteiger partial charge in [0.2, 0.25) is 5.91 Å². The summed E-state index contributed by atoms with van der Waals surface area (Å²) < 4.78 is 5.11. The summed E-state index contributed by atoms with van der Waals surface area (Å²) in [5, 5.41) is 13.5. The van der Waals surface area contributed by atoms with E-state index in [2.05, 4.69) is 17.1 Å². The summed E-state index contributed by atoms with van der Waals surface area (Å²) in [6, 6.07) is 4.15. The molecule has 0 spiro atoms. The molecule has 1 fully saturated rings. The number of amides is 1. The van der Waals surface area contributed by atoms with E-state index in [1.54, 1.807) is 0 Å². The SMILES string of the molecule is COc1cc([N+](=O)[O-])ccc1NC(=O)CN1CCC[C@H](C)C1. The van der Waals surface area contributed by atoms with Crippen molar-refractivity contribution in [1.82, 2.24) is 4.90 Å². The lowest BCUT2D eigenvalue weighted by atomic mass is 10.0. The molecule has 1 saturated heterocycles. The summed E-state index contributed by atoms with van der Waals surface area (Å²) >= 11 is 0. The minimum atomic E-state index is -0.497. The van der Waals surface area contributed by atoms with Gasteiger partial charge in [0.1, 0.15) is 5.75 Å². The van der Waals surface area contributed by atoms with Crippen LogP contribution in [0.4, 0.5) is 11.4 Å². The van der Waals surface area contributed by atoms with Gasteiger partial charge in [0, 0.05) is 12.6 Å². The molecule has 22 heavy (non-hydrogen) atoms. The van der Waals surface area contributed by atoms with E-state index in [4.69, 9.17) is 4.74 Å². The molecular formula is C15H21N3O4. The van der Waals surface area contributed by atoms with Crippen LogP contribution in [0.2, 0.25) is 0 Å². The fourth-order valence-electron chi connectivity index (χ4n) is 2.72. The van der Waals surface area contributed by atoms with E-state index in [9.17, 15) is 14.9 Å². The minimum absolute atomic E-state index is 0.0697. The molecule has 1 aromatic carbocycles. The fraction of sp³-hybridized carbons (Fsp3) is 0.533. The quantitative estimate of drug-likeness (QED) is 0.666. The average Bonchev–Trinajstić information content (AvgIpc) is 2.47. The number of anilines is 1. The van der Waals surface area contributed by atoms with Gasteiger partial charge in [0.05, 0.1) is 30.3 Å². The van der Waals surface area contributed by atoms with Crippen LogP contribution in [0, 0.1) is 16.0 Å². The zero-order valence-corrected chi connectivity index (χ0v) is 12.9. The molecule has 0 bridgehead atoms. The van der Waals surface area contributed by atoms with E-state index in [1.165, 1.54) is 31.7 Å². The second-order valence-electron chi connectivity index (χ2n) is 5.67. The zero-order chi connectivity index (χ0) is 16.1. The monoisotopic (exact) mass is 307 g/mol. The number of carbonyl (C=O) groups is 1. The van der Waals surface area contributed by atoms with Crippen molar-refractivity contribution < 1.29 is 14.5 Å². The summed E-state index contributed by atoms with van der Waals surface area (Å²) in [6.45, 7) is 4.36. The van der Waals surface area contributed by atoms with Gasteiger partial charge < -0.3 is 10.1 Å². The number of non-ortho nitro benzene ring substituents is 1. The Kier molecular flexibility index (Phi) is 5.32. The number of rotatable bonds is 5. The average molecular weight is 307 g/mol. The molecule has 0 aromatic heterocycles. The molecule has 1 amide bonds. The first-order valence-corrected chi connectivity index (χ1v) is 7.34. The Morgan fingerprint density at radius 2 is 2.32 bits per heavy atom. The first-order chi connectivity index (χ1) is 10.5. The van der Waals surface area contributed by atoms with E-state index in [0.29, 0.717) is 18.2 Å². The van der Waals surface area contributed by atoms with E-state index in [1.807, 2.05) is 0 Å². The first kappa shape index (κ1) is 16.2. The third-order valence-electron chi connectivity index (χ3n) is 3.78. The molecule has 1 aliphatic rings. The van der Waals surface area contributed by atoms with Crippen LogP contribution in [0.3, 0.4) is 0 Å². The van der Waals surface area contributed by atoms with Crippen LogP contribution in [-0.2, 0) is 4.79 Å². The second kappa shape index (κ2) is 7.22. The van der Waals surface area contributed by atoms with Crippen molar-refractivity contribution in [2.24, 2.45) is 5.92 Å². The summed E-state index contributed by atoms with van der Waals surface area (Å²) in [7, 11) is 1.42. The lowest BCUT2D eigenvalue weighted by Crippen LogP contribution is -2.39. The predicted octanol–water partition coefficient (Wildman–Crippen LogP) is 2.27. The van der Waals surface area contributed by atoms with E-state index < -0.39 is 4.92 Å². The zero-order valence-electron chi connectivity index (χ0n) is 12.9. The van der Waals surface area contributed by atoms with Gasteiger partial charge >= 0.3 is 0 Å². The Balaban J connectivity index is 2.00. The van der Waals surface area contributed by atoms with Gasteiger partial charge in [-0.15, -0.1) is 0 Å². The number of nitro groups is 1. The number of nitrogens with one attached hydrogen (secondary N) is 1. The third-order valence-corrected chi connectivity index (χ3v) is 3.78. The summed E-state index contributed by atoms with van der Waals surface area (Å²) in [6.07, 6.45) is 2.31. The molecule has 2 rings (SSSR count). The van der Waals surface area contributed by atoms with Gasteiger partial charge in [0.25, 0.3) is 5.69 Å². The maximum Gasteiger partial charge on any atom is 0.273 e. The number of nitro benzene ring substituents is 1. The van der Waals surface area contributed by atoms with Crippen LogP contribution in [-0.4, -0.2) is 42.5 Å². The van der Waals surface area contributed by atoms with Gasteiger partial charge in [-0.3, -0.25) is 19.8 Å². The Bertz CT molecular complexity index is 562. The van der Waals surface area contributed by atoms with Gasteiger partial charge in [-0.2, -0.15) is 0 Å². The number of carbonyl (C=O) groups excluding carboxylic acids is 1. The van der Waals surface area contributed by atoms with Crippen LogP contribution >= 0.6 is 0 Å². The molecule has 1 atom stereocenters. The van der Waals surface area contributed by atoms with Gasteiger partial charge in [-0.05, 0) is 31.4 Å². The van der Waals surface area contributed by atoms with Crippen molar-refractivity contribution >= 4 is 17.3 Å². The molecular weight excluding hydrogens is 286 g/mol. The van der Waals surface area contributed by atoms with Crippen LogP contribution in [0.1, 0.15) is 19.8 Å². The largest absolute Gasteiger partial charge is 0.494 e. The standard InChI is InChI=1S/C15H21N3O4/c1-11-4-3-7-17(9-11)10-15(19)16-13-6-5-12(18(20)21)8-14(13)22-2/h5-6,8,11H,3-4,7,9-10H2,1-2H3,(H,16,19)/t11-/m0/s1.